The minimum Gasteiger partial charge on any atom is -0.434 e. The molecule has 0 saturated carbocycles. The molecule has 134 valence electrons. The van der Waals surface area contributed by atoms with E-state index in [9.17, 15) is 13.6 Å². The van der Waals surface area contributed by atoms with Gasteiger partial charge in [-0.05, 0) is 25.1 Å². The minimum atomic E-state index is -2.93. The normalized spacial score (nSPS) is 15.8. The van der Waals surface area contributed by atoms with E-state index in [1.807, 2.05) is 0 Å². The summed E-state index contributed by atoms with van der Waals surface area (Å²) in [6, 6.07) is 6.19. The number of piperazine rings is 1. The standard InChI is InChI=1S/C18H26F2N2O2/c1-2-3-4-7-10-21-11-13-22(14-12-21)17(23)15-8-5-6-9-16(15)24-18(19)20/h5-6,8-9,18H,2-4,7,10-14H2,1H3. The fourth-order valence-electron chi connectivity index (χ4n) is 2.95. The van der Waals surface area contributed by atoms with Gasteiger partial charge in [-0.2, -0.15) is 8.78 Å². The Hall–Kier alpha value is -1.69. The van der Waals surface area contributed by atoms with Gasteiger partial charge < -0.3 is 9.64 Å². The second kappa shape index (κ2) is 9.57. The quantitative estimate of drug-likeness (QED) is 0.678. The second-order valence-corrected chi connectivity index (χ2v) is 6.07. The third-order valence-corrected chi connectivity index (χ3v) is 4.32. The number of amides is 1. The molecule has 0 atom stereocenters. The third kappa shape index (κ3) is 5.44. The average molecular weight is 340 g/mol. The summed E-state index contributed by atoms with van der Waals surface area (Å²) in [7, 11) is 0. The lowest BCUT2D eigenvalue weighted by molar-refractivity contribution is -0.0503. The summed E-state index contributed by atoms with van der Waals surface area (Å²) in [6.45, 7) is 3.22. The zero-order valence-corrected chi connectivity index (χ0v) is 14.2. The molecule has 0 unspecified atom stereocenters. The Morgan fingerprint density at radius 2 is 1.83 bits per heavy atom. The number of carbonyl (C=O) groups is 1. The first-order valence-corrected chi connectivity index (χ1v) is 8.67. The van der Waals surface area contributed by atoms with Gasteiger partial charge in [-0.15, -0.1) is 0 Å². The number of benzene rings is 1. The Bertz CT molecular complexity index is 517. The molecule has 0 spiro atoms. The van der Waals surface area contributed by atoms with Crippen molar-refractivity contribution in [2.24, 2.45) is 0 Å². The van der Waals surface area contributed by atoms with Gasteiger partial charge in [-0.1, -0.05) is 38.3 Å². The van der Waals surface area contributed by atoms with Crippen LogP contribution < -0.4 is 4.74 Å². The van der Waals surface area contributed by atoms with Crippen LogP contribution in [0.15, 0.2) is 24.3 Å². The summed E-state index contributed by atoms with van der Waals surface area (Å²) < 4.78 is 29.4. The van der Waals surface area contributed by atoms with Gasteiger partial charge in [0, 0.05) is 26.2 Å². The molecular weight excluding hydrogens is 314 g/mol. The lowest BCUT2D eigenvalue weighted by Gasteiger charge is -2.35. The average Bonchev–Trinajstić information content (AvgIpc) is 2.59. The van der Waals surface area contributed by atoms with Crippen LogP contribution in [-0.4, -0.2) is 55.0 Å². The van der Waals surface area contributed by atoms with E-state index in [1.165, 1.54) is 37.8 Å². The molecule has 1 amide bonds. The van der Waals surface area contributed by atoms with Gasteiger partial charge in [-0.3, -0.25) is 9.69 Å². The Kier molecular flexibility index (Phi) is 7.43. The Morgan fingerprint density at radius 1 is 1.12 bits per heavy atom. The Balaban J connectivity index is 1.87. The number of hydrogen-bond acceptors (Lipinski definition) is 3. The van der Waals surface area contributed by atoms with Gasteiger partial charge in [-0.25, -0.2) is 0 Å². The number of rotatable bonds is 8. The maximum absolute atomic E-state index is 12.6. The molecule has 6 heteroatoms. The number of para-hydroxylation sites is 1. The van der Waals surface area contributed by atoms with Crippen molar-refractivity contribution in [2.45, 2.75) is 39.2 Å². The van der Waals surface area contributed by atoms with Gasteiger partial charge in [0.1, 0.15) is 5.75 Å². The molecule has 1 aromatic carbocycles. The largest absolute Gasteiger partial charge is 0.434 e. The second-order valence-electron chi connectivity index (χ2n) is 6.07. The zero-order valence-electron chi connectivity index (χ0n) is 14.2. The summed E-state index contributed by atoms with van der Waals surface area (Å²) in [5, 5.41) is 0. The van der Waals surface area contributed by atoms with Gasteiger partial charge in [0.05, 0.1) is 5.56 Å². The van der Waals surface area contributed by atoms with Gasteiger partial charge in [0.25, 0.3) is 5.91 Å². The smallest absolute Gasteiger partial charge is 0.387 e. The van der Waals surface area contributed by atoms with Gasteiger partial charge in [0.2, 0.25) is 0 Å². The lowest BCUT2D eigenvalue weighted by atomic mass is 10.1. The summed E-state index contributed by atoms with van der Waals surface area (Å²) in [5.41, 5.74) is 0.203. The van der Waals surface area contributed by atoms with Crippen LogP contribution in [0.5, 0.6) is 5.75 Å². The van der Waals surface area contributed by atoms with E-state index in [0.717, 1.165) is 19.6 Å². The molecule has 1 aliphatic rings. The van der Waals surface area contributed by atoms with E-state index < -0.39 is 6.61 Å². The number of ether oxygens (including phenoxy) is 1. The number of halogens is 2. The van der Waals surface area contributed by atoms with Crippen molar-refractivity contribution in [3.63, 3.8) is 0 Å². The SMILES string of the molecule is CCCCCCN1CCN(C(=O)c2ccccc2OC(F)F)CC1. The highest BCUT2D eigenvalue weighted by molar-refractivity contribution is 5.97. The molecule has 1 heterocycles. The highest BCUT2D eigenvalue weighted by atomic mass is 19.3. The lowest BCUT2D eigenvalue weighted by Crippen LogP contribution is -2.48. The van der Waals surface area contributed by atoms with Gasteiger partial charge >= 0.3 is 6.61 Å². The van der Waals surface area contributed by atoms with E-state index in [-0.39, 0.29) is 17.2 Å². The van der Waals surface area contributed by atoms with Crippen molar-refractivity contribution in [3.8, 4) is 5.75 Å². The van der Waals surface area contributed by atoms with Crippen LogP contribution in [0.3, 0.4) is 0 Å². The molecule has 1 aromatic rings. The first kappa shape index (κ1) is 18.6. The summed E-state index contributed by atoms with van der Waals surface area (Å²) in [5.74, 6) is -0.295. The molecular formula is C18H26F2N2O2. The number of hydrogen-bond donors (Lipinski definition) is 0. The maximum atomic E-state index is 12.6. The molecule has 0 bridgehead atoms. The van der Waals surface area contributed by atoms with Crippen molar-refractivity contribution in [1.29, 1.82) is 0 Å². The van der Waals surface area contributed by atoms with Gasteiger partial charge in [0.15, 0.2) is 0 Å². The third-order valence-electron chi connectivity index (χ3n) is 4.32. The summed E-state index contributed by atoms with van der Waals surface area (Å²) in [6.07, 6.45) is 4.92. The fourth-order valence-corrected chi connectivity index (χ4v) is 2.95. The molecule has 1 fully saturated rings. The van der Waals surface area contributed by atoms with Crippen molar-refractivity contribution < 1.29 is 18.3 Å². The molecule has 24 heavy (non-hydrogen) atoms. The number of nitrogens with zero attached hydrogens (tertiary/aromatic N) is 2. The van der Waals surface area contributed by atoms with Crippen molar-refractivity contribution in [2.75, 3.05) is 32.7 Å². The molecule has 0 radical (unpaired) electrons. The van der Waals surface area contributed by atoms with Crippen LogP contribution in [-0.2, 0) is 0 Å². The zero-order chi connectivity index (χ0) is 17.4. The first-order chi connectivity index (χ1) is 11.6. The molecule has 2 rings (SSSR count). The number of carbonyl (C=O) groups excluding carboxylic acids is 1. The molecule has 4 nitrogen and oxygen atoms in total. The van der Waals surface area contributed by atoms with Crippen LogP contribution in [0.2, 0.25) is 0 Å². The monoisotopic (exact) mass is 340 g/mol. The molecule has 0 aliphatic carbocycles. The van der Waals surface area contributed by atoms with E-state index >= 15 is 0 Å². The van der Waals surface area contributed by atoms with E-state index in [4.69, 9.17) is 0 Å². The molecule has 1 saturated heterocycles. The van der Waals surface area contributed by atoms with Crippen LogP contribution in [0.25, 0.3) is 0 Å². The molecule has 1 aliphatic heterocycles. The highest BCUT2D eigenvalue weighted by Gasteiger charge is 2.24. The fraction of sp³-hybridized carbons (Fsp3) is 0.611. The Morgan fingerprint density at radius 3 is 2.50 bits per heavy atom. The maximum Gasteiger partial charge on any atom is 0.387 e. The summed E-state index contributed by atoms with van der Waals surface area (Å²) >= 11 is 0. The first-order valence-electron chi connectivity index (χ1n) is 8.67. The van der Waals surface area contributed by atoms with E-state index in [2.05, 4.69) is 16.6 Å². The van der Waals surface area contributed by atoms with Crippen molar-refractivity contribution in [3.05, 3.63) is 29.8 Å². The van der Waals surface area contributed by atoms with E-state index in [1.54, 1.807) is 17.0 Å². The summed E-state index contributed by atoms with van der Waals surface area (Å²) in [4.78, 5) is 16.7. The van der Waals surface area contributed by atoms with Crippen LogP contribution in [0.1, 0.15) is 43.0 Å². The molecule has 0 N–H and O–H groups in total. The van der Waals surface area contributed by atoms with Crippen LogP contribution >= 0.6 is 0 Å². The van der Waals surface area contributed by atoms with Crippen molar-refractivity contribution in [1.82, 2.24) is 9.80 Å². The molecule has 0 aromatic heterocycles. The Labute approximate surface area is 142 Å². The van der Waals surface area contributed by atoms with E-state index in [0.29, 0.717) is 13.1 Å². The van der Waals surface area contributed by atoms with Crippen LogP contribution in [0.4, 0.5) is 8.78 Å². The highest BCUT2D eigenvalue weighted by Crippen LogP contribution is 2.22. The predicted octanol–water partition coefficient (Wildman–Crippen LogP) is 3.63. The van der Waals surface area contributed by atoms with Crippen molar-refractivity contribution >= 4 is 5.91 Å². The van der Waals surface area contributed by atoms with Crippen LogP contribution in [0, 0.1) is 0 Å². The topological polar surface area (TPSA) is 32.8 Å². The number of unbranched alkanes of at least 4 members (excludes halogenated alkanes) is 3. The predicted molar refractivity (Wildman–Crippen MR) is 89.6 cm³/mol. The number of alkyl halides is 2. The minimum absolute atomic E-state index is 0.0560.